The van der Waals surface area contributed by atoms with Crippen LogP contribution in [0.25, 0.3) is 0 Å². The molecule has 2 aromatic rings. The monoisotopic (exact) mass is 325 g/mol. The van der Waals surface area contributed by atoms with Crippen LogP contribution >= 0.6 is 27.3 Å². The van der Waals surface area contributed by atoms with Crippen molar-refractivity contribution in [1.82, 2.24) is 0 Å². The van der Waals surface area contributed by atoms with Crippen molar-refractivity contribution < 1.29 is 9.72 Å². The van der Waals surface area contributed by atoms with E-state index in [2.05, 4.69) is 15.9 Å². The maximum Gasteiger partial charge on any atom is 0.324 e. The first-order valence-corrected chi connectivity index (χ1v) is 6.69. The van der Waals surface area contributed by atoms with E-state index in [0.717, 1.165) is 21.4 Å². The fourth-order valence-electron chi connectivity index (χ4n) is 1.50. The molecule has 4 nitrogen and oxygen atoms in total. The molecule has 0 fully saturated rings. The van der Waals surface area contributed by atoms with Gasteiger partial charge in [0.1, 0.15) is 0 Å². The summed E-state index contributed by atoms with van der Waals surface area (Å²) in [6.07, 6.45) is 0.247. The second kappa shape index (κ2) is 5.41. The smallest absolute Gasteiger partial charge is 0.293 e. The molecule has 6 heteroatoms. The number of halogens is 1. The molecule has 1 aromatic heterocycles. The van der Waals surface area contributed by atoms with Gasteiger partial charge in [-0.3, -0.25) is 14.9 Å². The lowest BCUT2D eigenvalue weighted by Crippen LogP contribution is -2.00. The van der Waals surface area contributed by atoms with Crippen molar-refractivity contribution in [2.45, 2.75) is 6.42 Å². The Labute approximate surface area is 116 Å². The number of hydrogen-bond donors (Lipinski definition) is 0. The van der Waals surface area contributed by atoms with Crippen molar-refractivity contribution in [2.75, 3.05) is 0 Å². The number of nitrogens with zero attached hydrogens (tertiary/aromatic N) is 1. The maximum absolute atomic E-state index is 11.9. The number of nitro groups is 1. The second-order valence-corrected chi connectivity index (χ2v) is 5.60. The van der Waals surface area contributed by atoms with Crippen molar-refractivity contribution in [3.05, 3.63) is 61.4 Å². The molecule has 0 unspecified atom stereocenters. The van der Waals surface area contributed by atoms with Crippen molar-refractivity contribution in [2.24, 2.45) is 0 Å². The molecule has 0 saturated carbocycles. The molecule has 1 aromatic carbocycles. The highest BCUT2D eigenvalue weighted by Crippen LogP contribution is 2.25. The molecule has 0 saturated heterocycles. The highest BCUT2D eigenvalue weighted by Gasteiger charge is 2.15. The minimum absolute atomic E-state index is 0.00686. The number of Topliss-reactive ketones (excluding diaryl/α,β-unsaturated/α-hetero) is 1. The van der Waals surface area contributed by atoms with Crippen molar-refractivity contribution >= 4 is 38.1 Å². The van der Waals surface area contributed by atoms with Gasteiger partial charge in [0.05, 0.1) is 9.80 Å². The van der Waals surface area contributed by atoms with Gasteiger partial charge in [-0.1, -0.05) is 39.4 Å². The van der Waals surface area contributed by atoms with E-state index in [-0.39, 0.29) is 17.2 Å². The van der Waals surface area contributed by atoms with Crippen molar-refractivity contribution in [1.29, 1.82) is 0 Å². The Morgan fingerprint density at radius 3 is 2.72 bits per heavy atom. The first kappa shape index (κ1) is 12.9. The molecule has 0 amide bonds. The van der Waals surface area contributed by atoms with E-state index in [1.165, 1.54) is 12.1 Å². The highest BCUT2D eigenvalue weighted by atomic mass is 79.9. The van der Waals surface area contributed by atoms with Crippen molar-refractivity contribution in [3.8, 4) is 0 Å². The summed E-state index contributed by atoms with van der Waals surface area (Å²) in [5, 5.41) is 10.5. The molecule has 0 spiro atoms. The number of ketones is 1. The van der Waals surface area contributed by atoms with E-state index in [1.807, 2.05) is 24.3 Å². The predicted molar refractivity (Wildman–Crippen MR) is 73.1 cm³/mol. The van der Waals surface area contributed by atoms with Gasteiger partial charge in [0.2, 0.25) is 0 Å². The van der Waals surface area contributed by atoms with Crippen molar-refractivity contribution in [3.63, 3.8) is 0 Å². The van der Waals surface area contributed by atoms with Gasteiger partial charge in [0, 0.05) is 17.0 Å². The lowest BCUT2D eigenvalue weighted by Gasteiger charge is -1.99. The molecular weight excluding hydrogens is 318 g/mol. The number of carbonyl (C=O) groups is 1. The highest BCUT2D eigenvalue weighted by molar-refractivity contribution is 9.10. The SMILES string of the molecule is O=C(Cc1cccc(Br)c1)c1ccc([N+](=O)[O-])s1. The summed E-state index contributed by atoms with van der Waals surface area (Å²) in [4.78, 5) is 22.4. The Bertz CT molecular complexity index is 609. The fraction of sp³-hybridized carbons (Fsp3) is 0.0833. The molecule has 0 bridgehead atoms. The third kappa shape index (κ3) is 3.02. The first-order chi connectivity index (χ1) is 8.56. The summed E-state index contributed by atoms with van der Waals surface area (Å²) in [5.41, 5.74) is 0.880. The lowest BCUT2D eigenvalue weighted by molar-refractivity contribution is -0.380. The number of thiophene rings is 1. The van der Waals surface area contributed by atoms with E-state index < -0.39 is 4.92 Å². The molecule has 0 N–H and O–H groups in total. The van der Waals surface area contributed by atoms with Crippen LogP contribution in [-0.2, 0) is 6.42 Å². The van der Waals surface area contributed by atoms with Crippen LogP contribution in [0, 0.1) is 10.1 Å². The zero-order valence-corrected chi connectivity index (χ0v) is 11.5. The minimum Gasteiger partial charge on any atom is -0.293 e. The molecule has 0 atom stereocenters. The van der Waals surface area contributed by atoms with Crippen LogP contribution < -0.4 is 0 Å². The fourth-order valence-corrected chi connectivity index (χ4v) is 2.70. The van der Waals surface area contributed by atoms with Crippen LogP contribution in [-0.4, -0.2) is 10.7 Å². The van der Waals surface area contributed by atoms with Gasteiger partial charge >= 0.3 is 5.00 Å². The number of benzene rings is 1. The average Bonchev–Trinajstić information content (AvgIpc) is 2.78. The van der Waals surface area contributed by atoms with Crippen LogP contribution in [0.4, 0.5) is 5.00 Å². The quantitative estimate of drug-likeness (QED) is 0.487. The Morgan fingerprint density at radius 2 is 2.11 bits per heavy atom. The van der Waals surface area contributed by atoms with Gasteiger partial charge in [-0.2, -0.15) is 0 Å². The summed E-state index contributed by atoms with van der Waals surface area (Å²) < 4.78 is 0.907. The number of carbonyl (C=O) groups excluding carboxylic acids is 1. The normalized spacial score (nSPS) is 10.3. The first-order valence-electron chi connectivity index (χ1n) is 5.08. The standard InChI is InChI=1S/C12H8BrNO3S/c13-9-3-1-2-8(6-9)7-10(15)11-4-5-12(18-11)14(16)17/h1-6H,7H2. The largest absolute Gasteiger partial charge is 0.324 e. The molecule has 92 valence electrons. The van der Waals surface area contributed by atoms with Gasteiger partial charge in [-0.25, -0.2) is 0 Å². The lowest BCUT2D eigenvalue weighted by atomic mass is 10.1. The van der Waals surface area contributed by atoms with E-state index in [1.54, 1.807) is 0 Å². The molecule has 0 radical (unpaired) electrons. The summed E-state index contributed by atoms with van der Waals surface area (Å²) in [5.74, 6) is -0.105. The van der Waals surface area contributed by atoms with Gasteiger partial charge in [0.15, 0.2) is 5.78 Å². The van der Waals surface area contributed by atoms with Crippen LogP contribution in [0.5, 0.6) is 0 Å². The molecule has 0 aliphatic rings. The third-order valence-corrected chi connectivity index (χ3v) is 3.87. The molecule has 2 rings (SSSR count). The Hall–Kier alpha value is -1.53. The van der Waals surface area contributed by atoms with Crippen LogP contribution in [0.2, 0.25) is 0 Å². The van der Waals surface area contributed by atoms with E-state index in [4.69, 9.17) is 0 Å². The predicted octanol–water partition coefficient (Wildman–Crippen LogP) is 3.84. The van der Waals surface area contributed by atoms with E-state index in [0.29, 0.717) is 4.88 Å². The Kier molecular flexibility index (Phi) is 3.88. The summed E-state index contributed by atoms with van der Waals surface area (Å²) in [7, 11) is 0. The summed E-state index contributed by atoms with van der Waals surface area (Å²) >= 11 is 4.25. The van der Waals surface area contributed by atoms with Gasteiger partial charge < -0.3 is 0 Å². The summed E-state index contributed by atoms with van der Waals surface area (Å²) in [6, 6.07) is 10.3. The van der Waals surface area contributed by atoms with Gasteiger partial charge in [-0.15, -0.1) is 0 Å². The molecule has 18 heavy (non-hydrogen) atoms. The zero-order valence-electron chi connectivity index (χ0n) is 9.13. The van der Waals surface area contributed by atoms with Gasteiger partial charge in [0.25, 0.3) is 0 Å². The van der Waals surface area contributed by atoms with Crippen LogP contribution in [0.1, 0.15) is 15.2 Å². The maximum atomic E-state index is 11.9. The third-order valence-electron chi connectivity index (χ3n) is 2.30. The van der Waals surface area contributed by atoms with Gasteiger partial charge in [-0.05, 0) is 23.8 Å². The number of hydrogen-bond acceptors (Lipinski definition) is 4. The average molecular weight is 326 g/mol. The minimum atomic E-state index is -0.486. The zero-order chi connectivity index (χ0) is 13.1. The van der Waals surface area contributed by atoms with E-state index >= 15 is 0 Å². The molecular formula is C12H8BrNO3S. The Morgan fingerprint density at radius 1 is 1.33 bits per heavy atom. The molecule has 0 aliphatic heterocycles. The second-order valence-electron chi connectivity index (χ2n) is 3.62. The number of rotatable bonds is 4. The molecule has 1 heterocycles. The Balaban J connectivity index is 2.14. The topological polar surface area (TPSA) is 60.2 Å². The van der Waals surface area contributed by atoms with Crippen LogP contribution in [0.3, 0.4) is 0 Å². The summed E-state index contributed by atoms with van der Waals surface area (Å²) in [6.45, 7) is 0. The van der Waals surface area contributed by atoms with E-state index in [9.17, 15) is 14.9 Å². The molecule has 0 aliphatic carbocycles. The van der Waals surface area contributed by atoms with Crippen LogP contribution in [0.15, 0.2) is 40.9 Å².